The first kappa shape index (κ1) is 21.0. The number of carbonyl (C=O) groups excluding carboxylic acids is 2. The first-order valence-corrected chi connectivity index (χ1v) is 8.53. The molecule has 0 heterocycles. The highest BCUT2D eigenvalue weighted by Gasteiger charge is 2.29. The number of hydrogen-bond donors (Lipinski definition) is 3. The predicted molar refractivity (Wildman–Crippen MR) is 99.3 cm³/mol. The van der Waals surface area contributed by atoms with E-state index < -0.39 is 17.6 Å². The van der Waals surface area contributed by atoms with Crippen molar-refractivity contribution in [2.45, 2.75) is 59.2 Å². The van der Waals surface area contributed by atoms with Gasteiger partial charge < -0.3 is 21.1 Å². The monoisotopic (exact) mass is 349 g/mol. The van der Waals surface area contributed by atoms with Gasteiger partial charge in [0, 0.05) is 24.2 Å². The highest BCUT2D eigenvalue weighted by atomic mass is 16.6. The van der Waals surface area contributed by atoms with Gasteiger partial charge in [-0.3, -0.25) is 4.79 Å². The highest BCUT2D eigenvalue weighted by Crippen LogP contribution is 2.17. The summed E-state index contributed by atoms with van der Waals surface area (Å²) in [5.41, 5.74) is 5.91. The van der Waals surface area contributed by atoms with Crippen molar-refractivity contribution in [2.75, 3.05) is 6.54 Å². The normalized spacial score (nSPS) is 14.0. The van der Waals surface area contributed by atoms with Crippen molar-refractivity contribution in [3.05, 3.63) is 35.4 Å². The van der Waals surface area contributed by atoms with Crippen molar-refractivity contribution in [2.24, 2.45) is 11.7 Å². The van der Waals surface area contributed by atoms with Gasteiger partial charge in [-0.15, -0.1) is 0 Å². The summed E-state index contributed by atoms with van der Waals surface area (Å²) in [6.07, 6.45) is -0.433. The van der Waals surface area contributed by atoms with Crippen LogP contribution in [-0.4, -0.2) is 29.7 Å². The zero-order valence-electron chi connectivity index (χ0n) is 16.1. The average molecular weight is 349 g/mol. The molecule has 4 N–H and O–H groups in total. The number of nitrogens with one attached hydrogen (secondary N) is 2. The molecule has 140 valence electrons. The minimum Gasteiger partial charge on any atom is -0.444 e. The quantitative estimate of drug-likeness (QED) is 0.705. The van der Waals surface area contributed by atoms with Crippen LogP contribution in [0.25, 0.3) is 0 Å². The van der Waals surface area contributed by atoms with Gasteiger partial charge in [-0.05, 0) is 51.3 Å². The maximum Gasteiger partial charge on any atom is 0.407 e. The SMILES string of the molecule is CC(C)[C@](C)(CNC(=O)OC(C)(C)C)NCc1cccc(C(N)=O)c1. The molecule has 6 nitrogen and oxygen atoms in total. The molecular weight excluding hydrogens is 318 g/mol. The predicted octanol–water partition coefficient (Wildman–Crippen LogP) is 2.81. The van der Waals surface area contributed by atoms with Crippen LogP contribution in [0, 0.1) is 5.92 Å². The second-order valence-electron chi connectivity index (χ2n) is 7.85. The molecule has 2 amide bonds. The Morgan fingerprint density at radius 1 is 1.20 bits per heavy atom. The summed E-state index contributed by atoms with van der Waals surface area (Å²) < 4.78 is 5.29. The van der Waals surface area contributed by atoms with Crippen molar-refractivity contribution < 1.29 is 14.3 Å². The molecular formula is C19H31N3O3. The zero-order valence-corrected chi connectivity index (χ0v) is 16.1. The fourth-order valence-electron chi connectivity index (χ4n) is 2.18. The number of amides is 2. The Morgan fingerprint density at radius 2 is 1.84 bits per heavy atom. The molecule has 0 aromatic heterocycles. The molecule has 0 radical (unpaired) electrons. The molecule has 25 heavy (non-hydrogen) atoms. The van der Waals surface area contributed by atoms with Crippen LogP contribution in [0.5, 0.6) is 0 Å². The van der Waals surface area contributed by atoms with Gasteiger partial charge in [0.1, 0.15) is 5.60 Å². The number of carbonyl (C=O) groups is 2. The van der Waals surface area contributed by atoms with Crippen LogP contribution in [0.1, 0.15) is 57.5 Å². The Hall–Kier alpha value is -2.08. The summed E-state index contributed by atoms with van der Waals surface area (Å²) in [5, 5.41) is 6.30. The summed E-state index contributed by atoms with van der Waals surface area (Å²) in [5.74, 6) is -0.179. The van der Waals surface area contributed by atoms with E-state index >= 15 is 0 Å². The van der Waals surface area contributed by atoms with Gasteiger partial charge in [0.15, 0.2) is 0 Å². The molecule has 0 unspecified atom stereocenters. The van der Waals surface area contributed by atoms with Crippen LogP contribution < -0.4 is 16.4 Å². The molecule has 1 aromatic rings. The molecule has 1 rings (SSSR count). The van der Waals surface area contributed by atoms with Gasteiger partial charge in [-0.25, -0.2) is 4.79 Å². The second-order valence-corrected chi connectivity index (χ2v) is 7.85. The van der Waals surface area contributed by atoms with Gasteiger partial charge in [-0.1, -0.05) is 26.0 Å². The third-order valence-corrected chi connectivity index (χ3v) is 4.18. The summed E-state index contributed by atoms with van der Waals surface area (Å²) >= 11 is 0. The van der Waals surface area contributed by atoms with E-state index in [1.807, 2.05) is 39.8 Å². The van der Waals surface area contributed by atoms with E-state index in [9.17, 15) is 9.59 Å². The molecule has 0 saturated carbocycles. The van der Waals surface area contributed by atoms with Crippen LogP contribution in [0.2, 0.25) is 0 Å². The Kier molecular flexibility index (Phi) is 6.99. The number of hydrogen-bond acceptors (Lipinski definition) is 4. The first-order valence-electron chi connectivity index (χ1n) is 8.53. The minimum absolute atomic E-state index is 0.266. The van der Waals surface area contributed by atoms with Crippen LogP contribution in [-0.2, 0) is 11.3 Å². The number of rotatable bonds is 7. The maximum absolute atomic E-state index is 11.9. The van der Waals surface area contributed by atoms with Gasteiger partial charge in [0.25, 0.3) is 0 Å². The van der Waals surface area contributed by atoms with Crippen molar-refractivity contribution in [1.82, 2.24) is 10.6 Å². The van der Waals surface area contributed by atoms with Crippen LogP contribution in [0.15, 0.2) is 24.3 Å². The average Bonchev–Trinajstić information content (AvgIpc) is 2.49. The second kappa shape index (κ2) is 8.34. The molecule has 0 spiro atoms. The van der Waals surface area contributed by atoms with Crippen molar-refractivity contribution in [3.8, 4) is 0 Å². The Balaban J connectivity index is 2.71. The smallest absolute Gasteiger partial charge is 0.407 e. The van der Waals surface area contributed by atoms with E-state index in [2.05, 4.69) is 24.5 Å². The lowest BCUT2D eigenvalue weighted by Gasteiger charge is -2.35. The summed E-state index contributed by atoms with van der Waals surface area (Å²) in [7, 11) is 0. The lowest BCUT2D eigenvalue weighted by atomic mass is 9.88. The molecule has 1 aromatic carbocycles. The summed E-state index contributed by atoms with van der Waals surface area (Å²) in [6.45, 7) is 12.7. The Bertz CT molecular complexity index is 608. The molecule has 0 saturated heterocycles. The standard InChI is InChI=1S/C19H31N3O3/c1-13(2)19(6,12-21-17(24)25-18(3,4)5)22-11-14-8-7-9-15(10-14)16(20)23/h7-10,13,22H,11-12H2,1-6H3,(H2,20,23)(H,21,24)/t19-/m0/s1. The van der Waals surface area contributed by atoms with Gasteiger partial charge in [-0.2, -0.15) is 0 Å². The number of nitrogens with two attached hydrogens (primary N) is 1. The van der Waals surface area contributed by atoms with Gasteiger partial charge >= 0.3 is 6.09 Å². The molecule has 0 fully saturated rings. The molecule has 6 heteroatoms. The van der Waals surface area contributed by atoms with E-state index in [1.165, 1.54) is 0 Å². The maximum atomic E-state index is 11.9. The van der Waals surface area contributed by atoms with Gasteiger partial charge in [0.05, 0.1) is 0 Å². The summed E-state index contributed by atoms with van der Waals surface area (Å²) in [6, 6.07) is 7.21. The van der Waals surface area contributed by atoms with Crippen molar-refractivity contribution in [1.29, 1.82) is 0 Å². The highest BCUT2D eigenvalue weighted by molar-refractivity contribution is 5.92. The van der Waals surface area contributed by atoms with Crippen LogP contribution in [0.3, 0.4) is 0 Å². The summed E-state index contributed by atoms with van der Waals surface area (Å²) in [4.78, 5) is 23.2. The molecule has 0 aliphatic carbocycles. The van der Waals surface area contributed by atoms with Gasteiger partial charge in [0.2, 0.25) is 5.91 Å². The molecule has 0 aliphatic heterocycles. The largest absolute Gasteiger partial charge is 0.444 e. The topological polar surface area (TPSA) is 93.4 Å². The Morgan fingerprint density at radius 3 is 2.36 bits per heavy atom. The van der Waals surface area contributed by atoms with E-state index in [-0.39, 0.29) is 11.5 Å². The fourth-order valence-corrected chi connectivity index (χ4v) is 2.18. The van der Waals surface area contributed by atoms with Crippen LogP contribution >= 0.6 is 0 Å². The van der Waals surface area contributed by atoms with Crippen molar-refractivity contribution >= 4 is 12.0 Å². The van der Waals surface area contributed by atoms with E-state index in [1.54, 1.807) is 12.1 Å². The number of primary amides is 1. The zero-order chi connectivity index (χ0) is 19.3. The van der Waals surface area contributed by atoms with E-state index in [4.69, 9.17) is 10.5 Å². The van der Waals surface area contributed by atoms with E-state index in [0.717, 1.165) is 5.56 Å². The number of benzene rings is 1. The van der Waals surface area contributed by atoms with E-state index in [0.29, 0.717) is 18.7 Å². The third kappa shape index (κ3) is 7.13. The number of alkyl carbamates (subject to hydrolysis) is 1. The third-order valence-electron chi connectivity index (χ3n) is 4.18. The fraction of sp³-hybridized carbons (Fsp3) is 0.579. The lowest BCUT2D eigenvalue weighted by Crippen LogP contribution is -2.55. The molecule has 0 bridgehead atoms. The minimum atomic E-state index is -0.527. The molecule has 0 aliphatic rings. The first-order chi connectivity index (χ1) is 11.4. The lowest BCUT2D eigenvalue weighted by molar-refractivity contribution is 0.0503. The van der Waals surface area contributed by atoms with Crippen LogP contribution in [0.4, 0.5) is 4.79 Å². The van der Waals surface area contributed by atoms with Crippen molar-refractivity contribution in [3.63, 3.8) is 0 Å². The molecule has 1 atom stereocenters. The number of ether oxygens (including phenoxy) is 1. The Labute approximate surface area is 150 Å².